The van der Waals surface area contributed by atoms with Crippen molar-refractivity contribution in [3.63, 3.8) is 0 Å². The molecule has 0 saturated carbocycles. The van der Waals surface area contributed by atoms with Gasteiger partial charge in [-0.15, -0.1) is 0 Å². The zero-order chi connectivity index (χ0) is 9.94. The van der Waals surface area contributed by atoms with Crippen LogP contribution in [0, 0.1) is 0 Å². The van der Waals surface area contributed by atoms with Gasteiger partial charge in [0, 0.05) is 5.75 Å². The number of hydrogen-bond donors (Lipinski definition) is 1. The molecule has 0 saturated heterocycles. The van der Waals surface area contributed by atoms with E-state index in [1.54, 1.807) is 12.0 Å². The first-order chi connectivity index (χ1) is 6.27. The molecule has 0 aromatic carbocycles. The predicted molar refractivity (Wildman–Crippen MR) is 61.1 cm³/mol. The lowest BCUT2D eigenvalue weighted by Crippen LogP contribution is -2.17. The average molecular weight is 205 g/mol. The van der Waals surface area contributed by atoms with Crippen LogP contribution in [0.3, 0.4) is 0 Å². The third-order valence-corrected chi connectivity index (χ3v) is 2.53. The van der Waals surface area contributed by atoms with Crippen molar-refractivity contribution in [1.82, 2.24) is 5.32 Å². The minimum absolute atomic E-state index is 0.345. The van der Waals surface area contributed by atoms with Gasteiger partial charge in [-0.25, -0.2) is 0 Å². The molecule has 13 heavy (non-hydrogen) atoms. The van der Waals surface area contributed by atoms with Gasteiger partial charge >= 0.3 is 0 Å². The van der Waals surface area contributed by atoms with Crippen LogP contribution in [-0.4, -0.2) is 24.9 Å². The van der Waals surface area contributed by atoms with Gasteiger partial charge in [0.05, 0.1) is 6.10 Å². The van der Waals surface area contributed by atoms with Crippen LogP contribution in [-0.2, 0) is 4.18 Å². The lowest BCUT2D eigenvalue weighted by molar-refractivity contribution is 0.289. The highest BCUT2D eigenvalue weighted by molar-refractivity contribution is 7.94. The zero-order valence-corrected chi connectivity index (χ0v) is 9.95. The molecule has 2 nitrogen and oxygen atoms in total. The van der Waals surface area contributed by atoms with Crippen LogP contribution in [0.4, 0.5) is 0 Å². The molecule has 0 fully saturated rings. The highest BCUT2D eigenvalue weighted by atomic mass is 32.2. The smallest absolute Gasteiger partial charge is 0.0666 e. The van der Waals surface area contributed by atoms with Crippen LogP contribution in [0.25, 0.3) is 0 Å². The van der Waals surface area contributed by atoms with Crippen molar-refractivity contribution in [2.24, 2.45) is 0 Å². The molecule has 0 aliphatic heterocycles. The number of unbranched alkanes of at least 4 members (excludes halogenated alkanes) is 1. The molecule has 0 rings (SSSR count). The molecule has 0 aliphatic rings. The summed E-state index contributed by atoms with van der Waals surface area (Å²) in [5.41, 5.74) is 0. The van der Waals surface area contributed by atoms with Crippen LogP contribution in [0.5, 0.6) is 0 Å². The summed E-state index contributed by atoms with van der Waals surface area (Å²) in [6.07, 6.45) is 4.10. The first-order valence-corrected chi connectivity index (χ1v) is 6.17. The molecule has 0 heterocycles. The van der Waals surface area contributed by atoms with Crippen molar-refractivity contribution in [3.05, 3.63) is 0 Å². The van der Waals surface area contributed by atoms with E-state index in [9.17, 15) is 0 Å². The SMILES string of the molecule is CCCCNCCCSOC(C)C. The van der Waals surface area contributed by atoms with Crippen molar-refractivity contribution in [2.75, 3.05) is 18.8 Å². The van der Waals surface area contributed by atoms with Crippen LogP contribution in [0.15, 0.2) is 0 Å². The Morgan fingerprint density at radius 1 is 1.23 bits per heavy atom. The van der Waals surface area contributed by atoms with Crippen molar-refractivity contribution >= 4 is 12.0 Å². The summed E-state index contributed by atoms with van der Waals surface area (Å²) in [7, 11) is 0. The largest absolute Gasteiger partial charge is 0.317 e. The Labute approximate surface area is 87.0 Å². The van der Waals surface area contributed by atoms with Crippen molar-refractivity contribution in [3.8, 4) is 0 Å². The van der Waals surface area contributed by atoms with E-state index >= 15 is 0 Å². The van der Waals surface area contributed by atoms with E-state index in [1.807, 2.05) is 0 Å². The maximum Gasteiger partial charge on any atom is 0.0666 e. The van der Waals surface area contributed by atoms with Gasteiger partial charge in [0.1, 0.15) is 0 Å². The molecule has 3 heteroatoms. The second kappa shape index (κ2) is 10.4. The molecular weight excluding hydrogens is 182 g/mol. The average Bonchev–Trinajstić information content (AvgIpc) is 2.09. The molecule has 0 atom stereocenters. The van der Waals surface area contributed by atoms with E-state index in [0.29, 0.717) is 6.10 Å². The van der Waals surface area contributed by atoms with E-state index in [4.69, 9.17) is 4.18 Å². The van der Waals surface area contributed by atoms with Crippen LogP contribution < -0.4 is 5.32 Å². The quantitative estimate of drug-likeness (QED) is 0.462. The van der Waals surface area contributed by atoms with Gasteiger partial charge in [0.25, 0.3) is 0 Å². The van der Waals surface area contributed by atoms with Gasteiger partial charge < -0.3 is 9.50 Å². The Kier molecular flexibility index (Phi) is 10.6. The summed E-state index contributed by atoms with van der Waals surface area (Å²) in [5.74, 6) is 1.09. The second-order valence-corrected chi connectivity index (χ2v) is 4.26. The summed E-state index contributed by atoms with van der Waals surface area (Å²) in [6.45, 7) is 8.62. The molecule has 0 aliphatic carbocycles. The predicted octanol–water partition coefficient (Wildman–Crippen LogP) is 2.84. The summed E-state index contributed by atoms with van der Waals surface area (Å²) in [5, 5.41) is 3.41. The van der Waals surface area contributed by atoms with E-state index in [2.05, 4.69) is 26.1 Å². The first-order valence-electron chi connectivity index (χ1n) is 5.26. The lowest BCUT2D eigenvalue weighted by atomic mass is 10.3. The molecule has 0 bridgehead atoms. The monoisotopic (exact) mass is 205 g/mol. The van der Waals surface area contributed by atoms with E-state index in [1.165, 1.54) is 19.3 Å². The summed E-state index contributed by atoms with van der Waals surface area (Å²) in [6, 6.07) is 0. The maximum atomic E-state index is 5.36. The standard InChI is InChI=1S/C10H23NOS/c1-4-5-7-11-8-6-9-13-12-10(2)3/h10-11H,4-9H2,1-3H3. The number of hydrogen-bond acceptors (Lipinski definition) is 3. The minimum atomic E-state index is 0.345. The van der Waals surface area contributed by atoms with Crippen LogP contribution in [0.2, 0.25) is 0 Å². The fraction of sp³-hybridized carbons (Fsp3) is 1.00. The van der Waals surface area contributed by atoms with Crippen molar-refractivity contribution in [2.45, 2.75) is 46.1 Å². The van der Waals surface area contributed by atoms with Crippen LogP contribution >= 0.6 is 12.0 Å². The Balaban J connectivity index is 2.84. The molecule has 0 aromatic rings. The van der Waals surface area contributed by atoms with Crippen molar-refractivity contribution < 1.29 is 4.18 Å². The van der Waals surface area contributed by atoms with Gasteiger partial charge in [-0.3, -0.25) is 0 Å². The summed E-state index contributed by atoms with van der Waals surface area (Å²) in [4.78, 5) is 0. The minimum Gasteiger partial charge on any atom is -0.317 e. The van der Waals surface area contributed by atoms with Gasteiger partial charge in [0.15, 0.2) is 0 Å². The highest BCUT2D eigenvalue weighted by Crippen LogP contribution is 2.07. The summed E-state index contributed by atoms with van der Waals surface area (Å²) >= 11 is 1.59. The van der Waals surface area contributed by atoms with Gasteiger partial charge in [0.2, 0.25) is 0 Å². The van der Waals surface area contributed by atoms with E-state index < -0.39 is 0 Å². The Morgan fingerprint density at radius 2 is 1.92 bits per heavy atom. The maximum absolute atomic E-state index is 5.36. The molecule has 0 spiro atoms. The molecule has 0 aromatic heterocycles. The van der Waals surface area contributed by atoms with E-state index in [0.717, 1.165) is 18.8 Å². The third kappa shape index (κ3) is 12.3. The van der Waals surface area contributed by atoms with Gasteiger partial charge in [-0.05, 0) is 51.8 Å². The Morgan fingerprint density at radius 3 is 2.54 bits per heavy atom. The van der Waals surface area contributed by atoms with Gasteiger partial charge in [-0.1, -0.05) is 13.3 Å². The fourth-order valence-electron chi connectivity index (χ4n) is 0.867. The van der Waals surface area contributed by atoms with Crippen molar-refractivity contribution in [1.29, 1.82) is 0 Å². The number of rotatable bonds is 9. The topological polar surface area (TPSA) is 21.3 Å². The fourth-order valence-corrected chi connectivity index (χ4v) is 1.50. The molecular formula is C10H23NOS. The zero-order valence-electron chi connectivity index (χ0n) is 9.14. The first kappa shape index (κ1) is 13.3. The Bertz CT molecular complexity index is 98.9. The normalized spacial score (nSPS) is 11.1. The molecule has 0 radical (unpaired) electrons. The molecule has 80 valence electrons. The molecule has 0 amide bonds. The second-order valence-electron chi connectivity index (χ2n) is 3.42. The third-order valence-electron chi connectivity index (χ3n) is 1.55. The number of nitrogens with one attached hydrogen (secondary N) is 1. The van der Waals surface area contributed by atoms with E-state index in [-0.39, 0.29) is 0 Å². The van der Waals surface area contributed by atoms with Gasteiger partial charge in [-0.2, -0.15) is 0 Å². The molecule has 0 unspecified atom stereocenters. The Hall–Kier alpha value is 0.270. The lowest BCUT2D eigenvalue weighted by Gasteiger charge is -2.06. The summed E-state index contributed by atoms with van der Waals surface area (Å²) < 4.78 is 5.36. The van der Waals surface area contributed by atoms with Crippen LogP contribution in [0.1, 0.15) is 40.0 Å². The highest BCUT2D eigenvalue weighted by Gasteiger charge is 1.93. The molecule has 1 N–H and O–H groups in total.